The molecule has 7 heteroatoms. The van der Waals surface area contributed by atoms with Gasteiger partial charge in [-0.3, -0.25) is 4.57 Å². The van der Waals surface area contributed by atoms with Gasteiger partial charge >= 0.3 is 13.1 Å². The number of nitrogens with zero attached hydrogens (tertiary/aromatic N) is 2. The Morgan fingerprint density at radius 2 is 1.71 bits per heavy atom. The summed E-state index contributed by atoms with van der Waals surface area (Å²) >= 11 is 0. The maximum Gasteiger partial charge on any atom is 0.513 e. The molecule has 1 saturated heterocycles. The molecule has 1 amide bonds. The van der Waals surface area contributed by atoms with Crippen LogP contribution < -0.4 is 10.3 Å². The van der Waals surface area contributed by atoms with Crippen molar-refractivity contribution in [2.45, 2.75) is 59.7 Å². The molecular formula is C21H31BN2O4. The van der Waals surface area contributed by atoms with E-state index in [0.29, 0.717) is 13.1 Å². The van der Waals surface area contributed by atoms with E-state index in [9.17, 15) is 4.79 Å². The lowest BCUT2D eigenvalue weighted by Gasteiger charge is -2.32. The van der Waals surface area contributed by atoms with Crippen molar-refractivity contribution in [3.05, 3.63) is 23.8 Å². The maximum absolute atomic E-state index is 13.5. The molecule has 2 heterocycles. The van der Waals surface area contributed by atoms with Crippen molar-refractivity contribution in [2.24, 2.45) is 0 Å². The number of fused-ring (bicyclic) bond motifs is 1. The van der Waals surface area contributed by atoms with E-state index >= 15 is 0 Å². The maximum atomic E-state index is 13.5. The summed E-state index contributed by atoms with van der Waals surface area (Å²) in [5, 5.41) is 0.912. The lowest BCUT2D eigenvalue weighted by atomic mass is 9.81. The minimum absolute atomic E-state index is 0.0823. The summed E-state index contributed by atoms with van der Waals surface area (Å²) < 4.78 is 20.0. The molecule has 0 spiro atoms. The van der Waals surface area contributed by atoms with Crippen LogP contribution in [-0.2, 0) is 9.31 Å². The molecule has 28 heavy (non-hydrogen) atoms. The third-order valence-corrected chi connectivity index (χ3v) is 6.17. The minimum atomic E-state index is -0.637. The Labute approximate surface area is 167 Å². The van der Waals surface area contributed by atoms with Gasteiger partial charge in [-0.25, -0.2) is 4.79 Å². The molecule has 3 rings (SSSR count). The summed E-state index contributed by atoms with van der Waals surface area (Å²) in [5.74, 6) is 0.735. The van der Waals surface area contributed by atoms with E-state index in [1.54, 1.807) is 16.6 Å². The molecule has 1 aliphatic rings. The van der Waals surface area contributed by atoms with Crippen LogP contribution in [0.2, 0.25) is 0 Å². The van der Waals surface area contributed by atoms with Gasteiger partial charge in [0.2, 0.25) is 0 Å². The van der Waals surface area contributed by atoms with Gasteiger partial charge in [-0.05, 0) is 66.2 Å². The van der Waals surface area contributed by atoms with Crippen LogP contribution in [0.3, 0.4) is 0 Å². The molecule has 0 bridgehead atoms. The fourth-order valence-corrected chi connectivity index (χ4v) is 3.76. The fraction of sp³-hybridized carbons (Fsp3) is 0.571. The van der Waals surface area contributed by atoms with Crippen LogP contribution in [0, 0.1) is 6.92 Å². The molecular weight excluding hydrogens is 355 g/mol. The number of aryl methyl sites for hydroxylation is 1. The predicted molar refractivity (Wildman–Crippen MR) is 113 cm³/mol. The number of ether oxygens (including phenoxy) is 1. The second-order valence-corrected chi connectivity index (χ2v) is 8.24. The molecule has 0 N–H and O–H groups in total. The van der Waals surface area contributed by atoms with E-state index in [1.807, 2.05) is 66.7 Å². The van der Waals surface area contributed by atoms with E-state index in [4.69, 9.17) is 14.0 Å². The highest BCUT2D eigenvalue weighted by molar-refractivity contribution is 6.63. The van der Waals surface area contributed by atoms with Crippen LogP contribution in [-0.4, -0.2) is 54.0 Å². The molecule has 1 aliphatic heterocycles. The average molecular weight is 386 g/mol. The topological polar surface area (TPSA) is 52.9 Å². The summed E-state index contributed by atoms with van der Waals surface area (Å²) in [6, 6.07) is 5.68. The monoisotopic (exact) mass is 386 g/mol. The van der Waals surface area contributed by atoms with E-state index in [-0.39, 0.29) is 6.03 Å². The van der Waals surface area contributed by atoms with Crippen molar-refractivity contribution in [3.63, 3.8) is 0 Å². The lowest BCUT2D eigenvalue weighted by molar-refractivity contribution is 0.00578. The average Bonchev–Trinajstić information content (AvgIpc) is 3.05. The highest BCUT2D eigenvalue weighted by Gasteiger charge is 2.53. The van der Waals surface area contributed by atoms with Crippen molar-refractivity contribution >= 4 is 29.6 Å². The number of carbonyl (C=O) groups is 1. The molecule has 1 aromatic carbocycles. The molecule has 6 nitrogen and oxygen atoms in total. The zero-order valence-corrected chi connectivity index (χ0v) is 18.3. The van der Waals surface area contributed by atoms with Gasteiger partial charge in [-0.15, -0.1) is 0 Å². The molecule has 0 unspecified atom stereocenters. The van der Waals surface area contributed by atoms with E-state index in [0.717, 1.165) is 27.8 Å². The minimum Gasteiger partial charge on any atom is -0.496 e. The Morgan fingerprint density at radius 3 is 2.21 bits per heavy atom. The molecule has 0 aliphatic carbocycles. The molecule has 1 aromatic heterocycles. The summed E-state index contributed by atoms with van der Waals surface area (Å²) in [6.45, 7) is 15.3. The number of benzene rings is 1. The Kier molecular flexibility index (Phi) is 5.27. The van der Waals surface area contributed by atoms with Gasteiger partial charge in [0.25, 0.3) is 0 Å². The molecule has 2 aromatic rings. The third-order valence-electron chi connectivity index (χ3n) is 6.17. The largest absolute Gasteiger partial charge is 0.513 e. The molecule has 0 radical (unpaired) electrons. The molecule has 152 valence electrons. The number of hydrogen-bond acceptors (Lipinski definition) is 4. The third kappa shape index (κ3) is 3.01. The van der Waals surface area contributed by atoms with Crippen LogP contribution in [0.5, 0.6) is 5.75 Å². The van der Waals surface area contributed by atoms with Gasteiger partial charge in [0.1, 0.15) is 5.75 Å². The van der Waals surface area contributed by atoms with Gasteiger partial charge in [-0.2, -0.15) is 0 Å². The Hall–Kier alpha value is -1.99. The zero-order valence-electron chi connectivity index (χ0n) is 18.3. The summed E-state index contributed by atoms with van der Waals surface area (Å²) in [5.41, 5.74) is 1.49. The van der Waals surface area contributed by atoms with Crippen molar-refractivity contribution in [1.29, 1.82) is 0 Å². The number of methoxy groups -OCH3 is 1. The van der Waals surface area contributed by atoms with E-state index in [2.05, 4.69) is 0 Å². The first-order valence-electron chi connectivity index (χ1n) is 9.92. The number of aromatic nitrogens is 1. The quantitative estimate of drug-likeness (QED) is 0.754. The number of hydrogen-bond donors (Lipinski definition) is 0. The first-order valence-corrected chi connectivity index (χ1v) is 9.92. The normalized spacial score (nSPS) is 17.9. The van der Waals surface area contributed by atoms with Gasteiger partial charge in [0.15, 0.2) is 0 Å². The van der Waals surface area contributed by atoms with Crippen LogP contribution in [0.1, 0.15) is 47.1 Å². The first-order chi connectivity index (χ1) is 13.1. The Bertz CT molecular complexity index is 883. The SMILES string of the molecule is CCN(CC)C(=O)n1c(B2OC(C)(C)C(C)(C)O2)c(C)c2c(OC)cccc21. The summed E-state index contributed by atoms with van der Waals surface area (Å²) in [4.78, 5) is 15.3. The second-order valence-electron chi connectivity index (χ2n) is 8.24. The highest BCUT2D eigenvalue weighted by Crippen LogP contribution is 2.38. The molecule has 1 fully saturated rings. The standard InChI is InChI=1S/C21H31BN2O4/c1-9-23(10-2)19(25)24-15-12-11-13-16(26-8)17(15)14(3)18(24)22-27-20(4,5)21(6,7)28-22/h11-13H,9-10H2,1-8H3. The van der Waals surface area contributed by atoms with Crippen molar-refractivity contribution < 1.29 is 18.8 Å². The van der Waals surface area contributed by atoms with E-state index < -0.39 is 18.3 Å². The van der Waals surface area contributed by atoms with Gasteiger partial charge in [-0.1, -0.05) is 6.07 Å². The fourth-order valence-electron chi connectivity index (χ4n) is 3.76. The van der Waals surface area contributed by atoms with Gasteiger partial charge < -0.3 is 18.9 Å². The van der Waals surface area contributed by atoms with Crippen molar-refractivity contribution in [2.75, 3.05) is 20.2 Å². The van der Waals surface area contributed by atoms with Crippen LogP contribution in [0.15, 0.2) is 18.2 Å². The number of carbonyl (C=O) groups excluding carboxylic acids is 1. The van der Waals surface area contributed by atoms with Gasteiger partial charge in [0.05, 0.1) is 29.4 Å². The van der Waals surface area contributed by atoms with E-state index in [1.165, 1.54) is 0 Å². The van der Waals surface area contributed by atoms with Crippen molar-refractivity contribution in [1.82, 2.24) is 9.47 Å². The van der Waals surface area contributed by atoms with Crippen LogP contribution in [0.4, 0.5) is 4.79 Å². The second kappa shape index (κ2) is 7.12. The lowest BCUT2D eigenvalue weighted by Crippen LogP contribution is -2.46. The van der Waals surface area contributed by atoms with Gasteiger partial charge in [0, 0.05) is 18.5 Å². The van der Waals surface area contributed by atoms with Crippen LogP contribution in [0.25, 0.3) is 10.9 Å². The zero-order chi connectivity index (χ0) is 20.9. The van der Waals surface area contributed by atoms with Crippen LogP contribution >= 0.6 is 0 Å². The first kappa shape index (κ1) is 20.7. The summed E-state index contributed by atoms with van der Waals surface area (Å²) in [6.07, 6.45) is 0. The predicted octanol–water partition coefficient (Wildman–Crippen LogP) is 3.57. The Balaban J connectivity index is 2.28. The summed E-state index contributed by atoms with van der Waals surface area (Å²) in [7, 11) is 1.01. The molecule has 0 saturated carbocycles. The Morgan fingerprint density at radius 1 is 1.14 bits per heavy atom. The van der Waals surface area contributed by atoms with Crippen molar-refractivity contribution in [3.8, 4) is 5.75 Å². The highest BCUT2D eigenvalue weighted by atomic mass is 16.7. The smallest absolute Gasteiger partial charge is 0.496 e. The number of rotatable bonds is 4. The number of amides is 1. The molecule has 0 atom stereocenters.